The molecule has 0 saturated carbocycles. The highest BCUT2D eigenvalue weighted by Crippen LogP contribution is 2.28. The number of amidine groups is 2. The minimum absolute atomic E-state index is 0.00649. The van der Waals surface area contributed by atoms with Crippen molar-refractivity contribution >= 4 is 34.6 Å². The SMILES string of the molecule is CC1=CC2=NC(=O)/C(=C/c3cn(Cc4ccccc4)c4ccccc34)C(=N)N2O1. The van der Waals surface area contributed by atoms with Gasteiger partial charge in [0.2, 0.25) is 0 Å². The molecule has 6 nitrogen and oxygen atoms in total. The van der Waals surface area contributed by atoms with Crippen molar-refractivity contribution in [3.63, 3.8) is 0 Å². The molecule has 2 aromatic carbocycles. The van der Waals surface area contributed by atoms with Crippen molar-refractivity contribution in [2.24, 2.45) is 4.99 Å². The Hall–Kier alpha value is -3.93. The number of fused-ring (bicyclic) bond motifs is 2. The van der Waals surface area contributed by atoms with E-state index < -0.39 is 5.91 Å². The number of rotatable bonds is 3. The third-order valence-electron chi connectivity index (χ3n) is 5.00. The molecule has 1 amide bonds. The van der Waals surface area contributed by atoms with E-state index >= 15 is 0 Å². The number of amides is 1. The monoisotopic (exact) mass is 382 g/mol. The van der Waals surface area contributed by atoms with Crippen LogP contribution in [0.5, 0.6) is 0 Å². The molecule has 0 saturated heterocycles. The number of hydroxylamine groups is 2. The van der Waals surface area contributed by atoms with Gasteiger partial charge in [0, 0.05) is 35.3 Å². The Morgan fingerprint density at radius 1 is 1.10 bits per heavy atom. The van der Waals surface area contributed by atoms with Gasteiger partial charge in [-0.05, 0) is 24.6 Å². The lowest BCUT2D eigenvalue weighted by molar-refractivity contribution is -0.114. The second-order valence-electron chi connectivity index (χ2n) is 7.04. The summed E-state index contributed by atoms with van der Waals surface area (Å²) in [6.07, 6.45) is 5.39. The van der Waals surface area contributed by atoms with Crippen molar-refractivity contribution in [1.29, 1.82) is 5.41 Å². The van der Waals surface area contributed by atoms with Crippen LogP contribution in [0, 0.1) is 5.41 Å². The Morgan fingerprint density at radius 2 is 1.86 bits per heavy atom. The summed E-state index contributed by atoms with van der Waals surface area (Å²) in [7, 11) is 0. The van der Waals surface area contributed by atoms with Crippen LogP contribution in [0.2, 0.25) is 0 Å². The molecule has 1 aromatic heterocycles. The summed E-state index contributed by atoms with van der Waals surface area (Å²) in [6.45, 7) is 2.48. The van der Waals surface area contributed by atoms with Crippen molar-refractivity contribution < 1.29 is 9.63 Å². The Bertz CT molecular complexity index is 1250. The molecule has 142 valence electrons. The predicted octanol–water partition coefficient (Wildman–Crippen LogP) is 4.14. The summed E-state index contributed by atoms with van der Waals surface area (Å²) in [5.74, 6) is 0.506. The molecule has 5 rings (SSSR count). The van der Waals surface area contributed by atoms with Gasteiger partial charge >= 0.3 is 0 Å². The fourth-order valence-corrected chi connectivity index (χ4v) is 3.66. The van der Waals surface area contributed by atoms with Gasteiger partial charge in [0.15, 0.2) is 11.7 Å². The lowest BCUT2D eigenvalue weighted by atomic mass is 10.1. The number of nitrogens with one attached hydrogen (secondary N) is 1. The van der Waals surface area contributed by atoms with Crippen molar-refractivity contribution in [3.05, 3.63) is 89.3 Å². The van der Waals surface area contributed by atoms with E-state index in [1.807, 2.05) is 42.6 Å². The van der Waals surface area contributed by atoms with Gasteiger partial charge in [0.25, 0.3) is 5.91 Å². The first-order chi connectivity index (χ1) is 14.1. The second-order valence-corrected chi connectivity index (χ2v) is 7.04. The van der Waals surface area contributed by atoms with E-state index in [-0.39, 0.29) is 11.4 Å². The number of carbonyl (C=O) groups is 1. The molecule has 0 bridgehead atoms. The van der Waals surface area contributed by atoms with E-state index in [9.17, 15) is 4.79 Å². The zero-order valence-corrected chi connectivity index (χ0v) is 15.8. The lowest BCUT2D eigenvalue weighted by Crippen LogP contribution is -2.38. The molecule has 29 heavy (non-hydrogen) atoms. The first kappa shape index (κ1) is 17.2. The average Bonchev–Trinajstić information content (AvgIpc) is 3.26. The van der Waals surface area contributed by atoms with Crippen molar-refractivity contribution in [3.8, 4) is 0 Å². The minimum atomic E-state index is -0.435. The molecule has 0 spiro atoms. The van der Waals surface area contributed by atoms with Crippen molar-refractivity contribution in [2.45, 2.75) is 13.5 Å². The van der Waals surface area contributed by atoms with Gasteiger partial charge in [-0.2, -0.15) is 4.99 Å². The summed E-state index contributed by atoms with van der Waals surface area (Å²) in [5, 5.41) is 10.7. The minimum Gasteiger partial charge on any atom is -0.376 e. The zero-order chi connectivity index (χ0) is 20.0. The molecule has 3 aromatic rings. The maximum absolute atomic E-state index is 12.6. The summed E-state index contributed by atoms with van der Waals surface area (Å²) in [6, 6.07) is 18.3. The molecule has 1 N–H and O–H groups in total. The van der Waals surface area contributed by atoms with Gasteiger partial charge in [-0.3, -0.25) is 10.2 Å². The lowest BCUT2D eigenvalue weighted by Gasteiger charge is -2.22. The molecule has 0 unspecified atom stereocenters. The van der Waals surface area contributed by atoms with Gasteiger partial charge in [0.1, 0.15) is 5.76 Å². The number of nitrogens with zero attached hydrogens (tertiary/aromatic N) is 3. The number of aliphatic imine (C=N–C) groups is 1. The Morgan fingerprint density at radius 3 is 2.69 bits per heavy atom. The van der Waals surface area contributed by atoms with E-state index in [0.29, 0.717) is 11.6 Å². The molecule has 0 atom stereocenters. The Labute approximate surface area is 167 Å². The smallest absolute Gasteiger partial charge is 0.282 e. The number of carbonyl (C=O) groups excluding carboxylic acids is 1. The van der Waals surface area contributed by atoms with Gasteiger partial charge < -0.3 is 9.40 Å². The maximum Gasteiger partial charge on any atom is 0.282 e. The fraction of sp³-hybridized carbons (Fsp3) is 0.0870. The van der Waals surface area contributed by atoms with Crippen molar-refractivity contribution in [1.82, 2.24) is 9.63 Å². The van der Waals surface area contributed by atoms with E-state index in [1.54, 1.807) is 19.1 Å². The van der Waals surface area contributed by atoms with E-state index in [0.717, 1.165) is 23.0 Å². The summed E-state index contributed by atoms with van der Waals surface area (Å²) < 4.78 is 2.15. The van der Waals surface area contributed by atoms with Gasteiger partial charge in [-0.1, -0.05) is 48.5 Å². The van der Waals surface area contributed by atoms with Crippen LogP contribution in [0.1, 0.15) is 18.1 Å². The maximum atomic E-state index is 12.6. The first-order valence-corrected chi connectivity index (χ1v) is 9.32. The molecular weight excluding hydrogens is 364 g/mol. The molecule has 0 radical (unpaired) electrons. The van der Waals surface area contributed by atoms with Crippen LogP contribution in [0.25, 0.3) is 17.0 Å². The predicted molar refractivity (Wildman–Crippen MR) is 112 cm³/mol. The van der Waals surface area contributed by atoms with Gasteiger partial charge in [-0.15, -0.1) is 5.06 Å². The van der Waals surface area contributed by atoms with Crippen LogP contribution in [-0.4, -0.2) is 27.2 Å². The highest BCUT2D eigenvalue weighted by Gasteiger charge is 2.34. The third-order valence-corrected chi connectivity index (χ3v) is 5.00. The summed E-state index contributed by atoms with van der Waals surface area (Å²) in [4.78, 5) is 22.1. The summed E-state index contributed by atoms with van der Waals surface area (Å²) >= 11 is 0. The molecular formula is C23H18N4O2. The molecule has 6 heteroatoms. The standard InChI is InChI=1S/C23H18N4O2/c1-15-11-21-25-23(28)19(22(24)27(21)29-15)12-17-14-26(13-16-7-3-2-4-8-16)20-10-6-5-9-18(17)20/h2-12,14,24H,13H2,1H3/b19-12+,24-22?. The van der Waals surface area contributed by atoms with Crippen LogP contribution in [0.3, 0.4) is 0 Å². The quantitative estimate of drug-likeness (QED) is 0.692. The largest absolute Gasteiger partial charge is 0.376 e. The van der Waals surface area contributed by atoms with E-state index in [1.165, 1.54) is 10.6 Å². The Balaban J connectivity index is 1.58. The summed E-state index contributed by atoms with van der Waals surface area (Å²) in [5.41, 5.74) is 3.33. The second kappa shape index (κ2) is 6.60. The molecule has 2 aliphatic rings. The van der Waals surface area contributed by atoms with Crippen LogP contribution < -0.4 is 0 Å². The normalized spacial score (nSPS) is 17.4. The van der Waals surface area contributed by atoms with E-state index in [2.05, 4.69) is 27.8 Å². The zero-order valence-electron chi connectivity index (χ0n) is 15.8. The Kier molecular flexibility index (Phi) is 3.91. The number of hydrogen-bond acceptors (Lipinski definition) is 3. The van der Waals surface area contributed by atoms with E-state index in [4.69, 9.17) is 10.2 Å². The number of allylic oxidation sites excluding steroid dienone is 1. The number of aromatic nitrogens is 1. The fourth-order valence-electron chi connectivity index (χ4n) is 3.66. The van der Waals surface area contributed by atoms with Crippen LogP contribution in [-0.2, 0) is 16.2 Å². The highest BCUT2D eigenvalue weighted by molar-refractivity contribution is 6.32. The van der Waals surface area contributed by atoms with Crippen molar-refractivity contribution in [2.75, 3.05) is 0 Å². The topological polar surface area (TPSA) is 70.7 Å². The molecule has 0 fully saturated rings. The third kappa shape index (κ3) is 2.95. The average molecular weight is 382 g/mol. The molecule has 0 aliphatic carbocycles. The molecule has 2 aliphatic heterocycles. The van der Waals surface area contributed by atoms with Gasteiger partial charge in [-0.25, -0.2) is 0 Å². The number of para-hydroxylation sites is 1. The molecule has 3 heterocycles. The number of hydrogen-bond donors (Lipinski definition) is 1. The van der Waals surface area contributed by atoms with Gasteiger partial charge in [0.05, 0.1) is 5.57 Å². The van der Waals surface area contributed by atoms with Crippen LogP contribution in [0.15, 0.2) is 83.2 Å². The first-order valence-electron chi connectivity index (χ1n) is 9.32. The number of benzene rings is 2. The van der Waals surface area contributed by atoms with Crippen LogP contribution >= 0.6 is 0 Å². The highest BCUT2D eigenvalue weighted by atomic mass is 16.7. The van der Waals surface area contributed by atoms with Crippen LogP contribution in [0.4, 0.5) is 0 Å².